The van der Waals surface area contributed by atoms with Gasteiger partial charge in [0.25, 0.3) is 0 Å². The topological polar surface area (TPSA) is 46.0 Å². The number of hydrogen-bond acceptors (Lipinski definition) is 4. The van der Waals surface area contributed by atoms with Crippen LogP contribution in [-0.2, 0) is 13.1 Å². The molecule has 0 spiro atoms. The highest BCUT2D eigenvalue weighted by Gasteiger charge is 2.38. The van der Waals surface area contributed by atoms with Gasteiger partial charge < -0.3 is 9.88 Å². The molecule has 1 aliphatic heterocycles. The third-order valence-electron chi connectivity index (χ3n) is 5.17. The molecule has 4 atom stereocenters. The van der Waals surface area contributed by atoms with Crippen molar-refractivity contribution >= 4 is 0 Å². The van der Waals surface area contributed by atoms with E-state index in [2.05, 4.69) is 45.8 Å². The highest BCUT2D eigenvalue weighted by Crippen LogP contribution is 2.33. The van der Waals surface area contributed by atoms with Crippen LogP contribution in [0.3, 0.4) is 0 Å². The van der Waals surface area contributed by atoms with E-state index in [4.69, 9.17) is 0 Å². The lowest BCUT2D eigenvalue weighted by molar-refractivity contribution is 0.0413. The second-order valence-corrected chi connectivity index (χ2v) is 7.02. The van der Waals surface area contributed by atoms with Crippen LogP contribution >= 0.6 is 0 Å². The predicted molar refractivity (Wildman–Crippen MR) is 83.9 cm³/mol. The van der Waals surface area contributed by atoms with Gasteiger partial charge in [-0.25, -0.2) is 0 Å². The lowest BCUT2D eigenvalue weighted by Gasteiger charge is -2.47. The van der Waals surface area contributed by atoms with Crippen LogP contribution in [0.4, 0.5) is 0 Å². The summed E-state index contributed by atoms with van der Waals surface area (Å²) in [5, 5.41) is 12.1. The monoisotopic (exact) mass is 291 g/mol. The van der Waals surface area contributed by atoms with Crippen molar-refractivity contribution in [2.75, 3.05) is 13.1 Å². The SMILES string of the molecule is CCCNC1CC(C)CC(C)C1N1CCn2cnnc2C1. The van der Waals surface area contributed by atoms with Gasteiger partial charge in [-0.1, -0.05) is 20.8 Å². The Morgan fingerprint density at radius 2 is 2.14 bits per heavy atom. The smallest absolute Gasteiger partial charge is 0.147 e. The van der Waals surface area contributed by atoms with Gasteiger partial charge in [0, 0.05) is 25.2 Å². The lowest BCUT2D eigenvalue weighted by Crippen LogP contribution is -2.58. The minimum Gasteiger partial charge on any atom is -0.315 e. The normalized spacial score (nSPS) is 33.9. The second kappa shape index (κ2) is 6.44. The number of hydrogen-bond donors (Lipinski definition) is 1. The fourth-order valence-electron chi connectivity index (χ4n) is 4.33. The van der Waals surface area contributed by atoms with Crippen LogP contribution < -0.4 is 5.32 Å². The van der Waals surface area contributed by atoms with Gasteiger partial charge in [0.1, 0.15) is 12.2 Å². The first kappa shape index (κ1) is 15.0. The van der Waals surface area contributed by atoms with E-state index in [-0.39, 0.29) is 0 Å². The Bertz CT molecular complexity index is 457. The molecule has 3 rings (SSSR count). The van der Waals surface area contributed by atoms with Crippen LogP contribution in [0.2, 0.25) is 0 Å². The van der Waals surface area contributed by atoms with Gasteiger partial charge in [-0.15, -0.1) is 10.2 Å². The summed E-state index contributed by atoms with van der Waals surface area (Å²) < 4.78 is 2.20. The van der Waals surface area contributed by atoms with Crippen molar-refractivity contribution in [3.8, 4) is 0 Å². The molecule has 0 bridgehead atoms. The van der Waals surface area contributed by atoms with Crippen LogP contribution in [-0.4, -0.2) is 44.8 Å². The fourth-order valence-corrected chi connectivity index (χ4v) is 4.33. The Balaban J connectivity index is 1.74. The molecule has 1 aromatic rings. The number of fused-ring (bicyclic) bond motifs is 1. The van der Waals surface area contributed by atoms with E-state index in [1.807, 2.05) is 6.33 Å². The summed E-state index contributed by atoms with van der Waals surface area (Å²) in [7, 11) is 0. The van der Waals surface area contributed by atoms with Crippen molar-refractivity contribution in [2.45, 2.75) is 65.2 Å². The van der Waals surface area contributed by atoms with Crippen molar-refractivity contribution in [3.63, 3.8) is 0 Å². The third kappa shape index (κ3) is 3.14. The van der Waals surface area contributed by atoms with E-state index in [1.54, 1.807) is 0 Å². The standard InChI is InChI=1S/C16H29N5/c1-4-5-17-14-9-12(2)8-13(3)16(14)20-6-7-21-11-18-19-15(21)10-20/h11-14,16-17H,4-10H2,1-3H3. The third-order valence-corrected chi connectivity index (χ3v) is 5.17. The van der Waals surface area contributed by atoms with Crippen molar-refractivity contribution < 1.29 is 0 Å². The molecule has 4 unspecified atom stereocenters. The van der Waals surface area contributed by atoms with Crippen LogP contribution in [0.25, 0.3) is 0 Å². The maximum atomic E-state index is 4.28. The van der Waals surface area contributed by atoms with E-state index in [0.717, 1.165) is 43.8 Å². The first-order valence-corrected chi connectivity index (χ1v) is 8.53. The second-order valence-electron chi connectivity index (χ2n) is 7.02. The van der Waals surface area contributed by atoms with E-state index in [9.17, 15) is 0 Å². The number of nitrogens with one attached hydrogen (secondary N) is 1. The van der Waals surface area contributed by atoms with Gasteiger partial charge in [-0.2, -0.15) is 0 Å². The highest BCUT2D eigenvalue weighted by atomic mass is 15.3. The van der Waals surface area contributed by atoms with Crippen LogP contribution in [0, 0.1) is 11.8 Å². The molecule has 0 saturated heterocycles. The van der Waals surface area contributed by atoms with E-state index in [1.165, 1.54) is 19.3 Å². The first-order chi connectivity index (χ1) is 10.2. The largest absolute Gasteiger partial charge is 0.315 e. The van der Waals surface area contributed by atoms with Crippen molar-refractivity contribution in [1.29, 1.82) is 0 Å². The summed E-state index contributed by atoms with van der Waals surface area (Å²) in [6.45, 7) is 11.3. The van der Waals surface area contributed by atoms with Crippen LogP contribution in [0.1, 0.15) is 45.9 Å². The summed E-state index contributed by atoms with van der Waals surface area (Å²) in [5.41, 5.74) is 0. The molecule has 1 aliphatic carbocycles. The molecule has 118 valence electrons. The molecule has 0 aromatic carbocycles. The molecule has 0 amide bonds. The molecule has 1 saturated carbocycles. The molecule has 2 aliphatic rings. The van der Waals surface area contributed by atoms with Crippen molar-refractivity contribution in [3.05, 3.63) is 12.2 Å². The van der Waals surface area contributed by atoms with Gasteiger partial charge in [0.2, 0.25) is 0 Å². The van der Waals surface area contributed by atoms with Crippen LogP contribution in [0.15, 0.2) is 6.33 Å². The minimum atomic E-state index is 0.623. The van der Waals surface area contributed by atoms with Crippen molar-refractivity contribution in [2.24, 2.45) is 11.8 Å². The molecule has 5 heteroatoms. The zero-order valence-corrected chi connectivity index (χ0v) is 13.6. The van der Waals surface area contributed by atoms with Gasteiger partial charge in [0.15, 0.2) is 0 Å². The Labute approximate surface area is 128 Å². The molecule has 0 radical (unpaired) electrons. The quantitative estimate of drug-likeness (QED) is 0.920. The van der Waals surface area contributed by atoms with Gasteiger partial charge in [-0.05, 0) is 37.6 Å². The Hall–Kier alpha value is -0.940. The van der Waals surface area contributed by atoms with Crippen LogP contribution in [0.5, 0.6) is 0 Å². The molecule has 1 fully saturated rings. The summed E-state index contributed by atoms with van der Waals surface area (Å²) >= 11 is 0. The highest BCUT2D eigenvalue weighted by molar-refractivity contribution is 4.98. The fraction of sp³-hybridized carbons (Fsp3) is 0.875. The Morgan fingerprint density at radius 3 is 2.95 bits per heavy atom. The van der Waals surface area contributed by atoms with E-state index >= 15 is 0 Å². The molecular weight excluding hydrogens is 262 g/mol. The molecule has 2 heterocycles. The lowest BCUT2D eigenvalue weighted by atomic mass is 9.75. The predicted octanol–water partition coefficient (Wildman–Crippen LogP) is 1.90. The molecule has 5 nitrogen and oxygen atoms in total. The van der Waals surface area contributed by atoms with Gasteiger partial charge >= 0.3 is 0 Å². The Kier molecular flexibility index (Phi) is 4.60. The maximum Gasteiger partial charge on any atom is 0.147 e. The number of nitrogens with zero attached hydrogens (tertiary/aromatic N) is 4. The molecule has 21 heavy (non-hydrogen) atoms. The average molecular weight is 291 g/mol. The minimum absolute atomic E-state index is 0.623. The summed E-state index contributed by atoms with van der Waals surface area (Å²) in [6, 6.07) is 1.26. The zero-order chi connectivity index (χ0) is 14.8. The van der Waals surface area contributed by atoms with Gasteiger partial charge in [0.05, 0.1) is 6.54 Å². The van der Waals surface area contributed by atoms with Gasteiger partial charge in [-0.3, -0.25) is 4.90 Å². The van der Waals surface area contributed by atoms with E-state index in [0.29, 0.717) is 12.1 Å². The first-order valence-electron chi connectivity index (χ1n) is 8.53. The average Bonchev–Trinajstić information content (AvgIpc) is 2.91. The summed E-state index contributed by atoms with van der Waals surface area (Å²) in [4.78, 5) is 2.65. The molecular formula is C16H29N5. The summed E-state index contributed by atoms with van der Waals surface area (Å²) in [5.74, 6) is 2.71. The number of rotatable bonds is 4. The summed E-state index contributed by atoms with van der Waals surface area (Å²) in [6.07, 6.45) is 5.72. The Morgan fingerprint density at radius 1 is 1.29 bits per heavy atom. The molecule has 1 N–H and O–H groups in total. The zero-order valence-electron chi connectivity index (χ0n) is 13.6. The molecule has 1 aromatic heterocycles. The van der Waals surface area contributed by atoms with Crippen molar-refractivity contribution in [1.82, 2.24) is 25.0 Å². The number of aromatic nitrogens is 3. The van der Waals surface area contributed by atoms with E-state index < -0.39 is 0 Å². The maximum absolute atomic E-state index is 4.28.